The third-order valence-corrected chi connectivity index (χ3v) is 7.12. The molecule has 8 heteroatoms. The van der Waals surface area contributed by atoms with Crippen molar-refractivity contribution in [1.82, 2.24) is 15.5 Å². The monoisotopic (exact) mass is 530 g/mol. The Kier molecular flexibility index (Phi) is 9.84. The largest absolute Gasteiger partial charge is 0.508 e. The van der Waals surface area contributed by atoms with Gasteiger partial charge in [0.1, 0.15) is 11.8 Å². The molecular weight excluding hydrogens is 496 g/mol. The molecule has 4 rings (SSSR count). The lowest BCUT2D eigenvalue weighted by molar-refractivity contribution is -0.129. The van der Waals surface area contributed by atoms with Crippen LogP contribution in [0.3, 0.4) is 0 Å². The molecule has 1 atom stereocenters. The molecule has 38 heavy (non-hydrogen) atoms. The van der Waals surface area contributed by atoms with Gasteiger partial charge in [0, 0.05) is 43.2 Å². The SMILES string of the molecule is NCCCNC(=O)C(Cc1ccc2ccccc2c1)NC(=O)CCCN1C=CSC(c2cccc(O)c2)=C1. The highest BCUT2D eigenvalue weighted by molar-refractivity contribution is 8.10. The number of amides is 2. The number of phenols is 1. The molecule has 1 heterocycles. The number of nitrogens with zero attached hydrogens (tertiary/aromatic N) is 1. The first kappa shape index (κ1) is 27.3. The van der Waals surface area contributed by atoms with Crippen molar-refractivity contribution in [3.8, 4) is 5.75 Å². The Morgan fingerprint density at radius 2 is 1.84 bits per heavy atom. The second-order valence-corrected chi connectivity index (χ2v) is 10.2. The number of phenolic OH excluding ortho intramolecular Hbond substituents is 1. The highest BCUT2D eigenvalue weighted by Crippen LogP contribution is 2.33. The first-order chi connectivity index (χ1) is 18.5. The Balaban J connectivity index is 1.34. The number of carbonyl (C=O) groups is 2. The van der Waals surface area contributed by atoms with E-state index in [4.69, 9.17) is 5.73 Å². The fraction of sp³-hybridized carbons (Fsp3) is 0.267. The van der Waals surface area contributed by atoms with Crippen LogP contribution in [-0.4, -0.2) is 47.5 Å². The normalized spacial score (nSPS) is 13.7. The zero-order valence-corrected chi connectivity index (χ0v) is 22.1. The maximum Gasteiger partial charge on any atom is 0.242 e. The van der Waals surface area contributed by atoms with Crippen molar-refractivity contribution in [3.05, 3.63) is 95.7 Å². The van der Waals surface area contributed by atoms with E-state index in [1.165, 1.54) is 0 Å². The maximum atomic E-state index is 12.9. The number of benzene rings is 3. The van der Waals surface area contributed by atoms with Crippen LogP contribution >= 0.6 is 11.8 Å². The molecule has 1 aliphatic rings. The van der Waals surface area contributed by atoms with E-state index in [9.17, 15) is 14.7 Å². The molecule has 0 aliphatic carbocycles. The van der Waals surface area contributed by atoms with Crippen LogP contribution in [-0.2, 0) is 16.0 Å². The van der Waals surface area contributed by atoms with Crippen molar-refractivity contribution in [1.29, 1.82) is 0 Å². The van der Waals surface area contributed by atoms with Gasteiger partial charge in [-0.1, -0.05) is 66.4 Å². The standard InChI is InChI=1S/C30H34N4O3S/c31-13-5-14-32-30(37)27(19-22-11-12-23-6-1-2-7-24(23)18-22)33-29(36)10-4-15-34-16-17-38-28(21-34)25-8-3-9-26(35)20-25/h1-3,6-9,11-12,16-18,20-21,27,35H,4-5,10,13-15,19,31H2,(H,32,37)(H,33,36). The summed E-state index contributed by atoms with van der Waals surface area (Å²) in [7, 11) is 0. The lowest BCUT2D eigenvalue weighted by atomic mass is 10.0. The summed E-state index contributed by atoms with van der Waals surface area (Å²) in [5.41, 5.74) is 7.50. The lowest BCUT2D eigenvalue weighted by Gasteiger charge is -2.22. The minimum Gasteiger partial charge on any atom is -0.508 e. The molecule has 0 saturated heterocycles. The number of thioether (sulfide) groups is 1. The van der Waals surface area contributed by atoms with Gasteiger partial charge in [0.2, 0.25) is 11.8 Å². The molecule has 1 aliphatic heterocycles. The van der Waals surface area contributed by atoms with Gasteiger partial charge in [-0.25, -0.2) is 0 Å². The van der Waals surface area contributed by atoms with E-state index in [1.54, 1.807) is 23.9 Å². The molecule has 3 aromatic carbocycles. The van der Waals surface area contributed by atoms with Gasteiger partial charge in [-0.05, 0) is 58.8 Å². The van der Waals surface area contributed by atoms with E-state index in [2.05, 4.69) is 22.8 Å². The van der Waals surface area contributed by atoms with E-state index in [0.717, 1.165) is 26.8 Å². The molecule has 3 aromatic rings. The first-order valence-corrected chi connectivity index (χ1v) is 13.7. The lowest BCUT2D eigenvalue weighted by Crippen LogP contribution is -2.48. The highest BCUT2D eigenvalue weighted by atomic mass is 32.2. The molecule has 1 unspecified atom stereocenters. The van der Waals surface area contributed by atoms with Gasteiger partial charge in [0.05, 0.1) is 0 Å². The predicted octanol–water partition coefficient (Wildman–Crippen LogP) is 4.34. The van der Waals surface area contributed by atoms with Crippen LogP contribution in [0.1, 0.15) is 30.4 Å². The van der Waals surface area contributed by atoms with Crippen LogP contribution in [0.15, 0.2) is 84.5 Å². The van der Waals surface area contributed by atoms with Crippen LogP contribution < -0.4 is 16.4 Å². The number of hydrogen-bond acceptors (Lipinski definition) is 6. The Labute approximate surface area is 227 Å². The maximum absolute atomic E-state index is 12.9. The van der Waals surface area contributed by atoms with Crippen molar-refractivity contribution in [2.45, 2.75) is 31.7 Å². The summed E-state index contributed by atoms with van der Waals surface area (Å²) in [6.45, 7) is 1.63. The quantitative estimate of drug-likeness (QED) is 0.260. The fourth-order valence-electron chi connectivity index (χ4n) is 4.28. The molecule has 0 spiro atoms. The zero-order valence-electron chi connectivity index (χ0n) is 21.3. The first-order valence-electron chi connectivity index (χ1n) is 12.9. The van der Waals surface area contributed by atoms with Gasteiger partial charge in [-0.2, -0.15) is 0 Å². The smallest absolute Gasteiger partial charge is 0.242 e. The van der Waals surface area contributed by atoms with Crippen molar-refractivity contribution in [2.75, 3.05) is 19.6 Å². The second-order valence-electron chi connectivity index (χ2n) is 9.23. The van der Waals surface area contributed by atoms with E-state index < -0.39 is 6.04 Å². The molecule has 0 saturated carbocycles. The molecule has 198 valence electrons. The van der Waals surface area contributed by atoms with Gasteiger partial charge >= 0.3 is 0 Å². The summed E-state index contributed by atoms with van der Waals surface area (Å²) in [5, 5.41) is 19.9. The second kappa shape index (κ2) is 13.7. The average Bonchev–Trinajstić information content (AvgIpc) is 2.93. The fourth-order valence-corrected chi connectivity index (χ4v) is 5.11. The average molecular weight is 531 g/mol. The number of fused-ring (bicyclic) bond motifs is 1. The van der Waals surface area contributed by atoms with Crippen molar-refractivity contribution in [2.24, 2.45) is 5.73 Å². The zero-order chi connectivity index (χ0) is 26.7. The topological polar surface area (TPSA) is 108 Å². The van der Waals surface area contributed by atoms with Gasteiger partial charge < -0.3 is 26.4 Å². The number of hydrogen-bond donors (Lipinski definition) is 4. The molecule has 0 radical (unpaired) electrons. The Morgan fingerprint density at radius 3 is 2.66 bits per heavy atom. The van der Waals surface area contributed by atoms with Gasteiger partial charge in [-0.15, -0.1) is 0 Å². The van der Waals surface area contributed by atoms with Gasteiger partial charge in [-0.3, -0.25) is 9.59 Å². The summed E-state index contributed by atoms with van der Waals surface area (Å²) in [4.78, 5) is 28.8. The number of aromatic hydroxyl groups is 1. The van der Waals surface area contributed by atoms with Gasteiger partial charge in [0.15, 0.2) is 0 Å². The van der Waals surface area contributed by atoms with Crippen LogP contribution in [0.5, 0.6) is 5.75 Å². The Bertz CT molecular complexity index is 1320. The summed E-state index contributed by atoms with van der Waals surface area (Å²) in [6.07, 6.45) is 6.02. The minimum atomic E-state index is -0.662. The van der Waals surface area contributed by atoms with Crippen molar-refractivity contribution < 1.29 is 14.7 Å². The van der Waals surface area contributed by atoms with Crippen LogP contribution in [0.2, 0.25) is 0 Å². The molecule has 0 aromatic heterocycles. The highest BCUT2D eigenvalue weighted by Gasteiger charge is 2.21. The number of nitrogens with two attached hydrogens (primary N) is 1. The van der Waals surface area contributed by atoms with Gasteiger partial charge in [0.25, 0.3) is 0 Å². The molecule has 2 amide bonds. The summed E-state index contributed by atoms with van der Waals surface area (Å²) in [5.74, 6) is -0.126. The third kappa shape index (κ3) is 7.87. The molecule has 0 fully saturated rings. The van der Waals surface area contributed by atoms with Crippen LogP contribution in [0.4, 0.5) is 0 Å². The summed E-state index contributed by atoms with van der Waals surface area (Å²) in [6, 6.07) is 20.7. The number of carbonyl (C=O) groups excluding carboxylic acids is 2. The summed E-state index contributed by atoms with van der Waals surface area (Å²) < 4.78 is 0. The van der Waals surface area contributed by atoms with E-state index in [0.29, 0.717) is 45.3 Å². The van der Waals surface area contributed by atoms with Crippen LogP contribution in [0, 0.1) is 0 Å². The molecule has 0 bridgehead atoms. The van der Waals surface area contributed by atoms with E-state index in [-0.39, 0.29) is 17.6 Å². The van der Waals surface area contributed by atoms with E-state index >= 15 is 0 Å². The van der Waals surface area contributed by atoms with Crippen LogP contribution in [0.25, 0.3) is 15.7 Å². The molecular formula is C30H34N4O3S. The Hall–Kier alpha value is -3.75. The minimum absolute atomic E-state index is 0.155. The van der Waals surface area contributed by atoms with Crippen molar-refractivity contribution >= 4 is 39.3 Å². The molecule has 7 nitrogen and oxygen atoms in total. The van der Waals surface area contributed by atoms with Crippen molar-refractivity contribution in [3.63, 3.8) is 0 Å². The summed E-state index contributed by atoms with van der Waals surface area (Å²) >= 11 is 1.59. The molecule has 5 N–H and O–H groups in total. The number of rotatable bonds is 12. The number of nitrogens with one attached hydrogen (secondary N) is 2. The van der Waals surface area contributed by atoms with E-state index in [1.807, 2.05) is 65.2 Å². The Morgan fingerprint density at radius 1 is 1.00 bits per heavy atom. The predicted molar refractivity (Wildman–Crippen MR) is 155 cm³/mol. The third-order valence-electron chi connectivity index (χ3n) is 6.27.